The summed E-state index contributed by atoms with van der Waals surface area (Å²) in [4.78, 5) is 26.3. The van der Waals surface area contributed by atoms with Crippen molar-refractivity contribution in [2.45, 2.75) is 70.9 Å². The molecular weight excluding hydrogens is 502 g/mol. The number of benzene rings is 2. The number of halogens is 3. The predicted molar refractivity (Wildman–Crippen MR) is 137 cm³/mol. The van der Waals surface area contributed by atoms with Crippen LogP contribution in [-0.4, -0.2) is 26.4 Å². The average molecular weight is 531 g/mol. The van der Waals surface area contributed by atoms with Crippen LogP contribution in [-0.2, 0) is 13.0 Å². The van der Waals surface area contributed by atoms with Crippen LogP contribution in [0.2, 0.25) is 5.02 Å². The molecule has 0 radical (unpaired) electrons. The normalized spacial score (nSPS) is 16.8. The van der Waals surface area contributed by atoms with E-state index in [1.165, 1.54) is 30.7 Å². The number of anilines is 1. The van der Waals surface area contributed by atoms with Crippen LogP contribution in [0.5, 0.6) is 5.75 Å². The smallest absolute Gasteiger partial charge is 0.350 e. The molecule has 7 nitrogen and oxygen atoms in total. The lowest BCUT2D eigenvalue weighted by Gasteiger charge is -2.29. The molecule has 196 valence electrons. The van der Waals surface area contributed by atoms with Crippen molar-refractivity contribution in [1.29, 1.82) is 0 Å². The Labute approximate surface area is 218 Å². The summed E-state index contributed by atoms with van der Waals surface area (Å²) in [5.41, 5.74) is -0.539. The summed E-state index contributed by atoms with van der Waals surface area (Å²) < 4.78 is 38.3. The van der Waals surface area contributed by atoms with E-state index in [1.54, 1.807) is 4.57 Å². The zero-order valence-electron chi connectivity index (χ0n) is 20.6. The van der Waals surface area contributed by atoms with Gasteiger partial charge in [-0.05, 0) is 56.7 Å². The fourth-order valence-corrected chi connectivity index (χ4v) is 5.40. The minimum Gasteiger partial charge on any atom is -0.490 e. The number of hydrogen-bond donors (Lipinski definition) is 1. The summed E-state index contributed by atoms with van der Waals surface area (Å²) in [6, 6.07) is 6.43. The first kappa shape index (κ1) is 25.4. The third-order valence-corrected chi connectivity index (χ3v) is 7.70. The van der Waals surface area contributed by atoms with Gasteiger partial charge in [0.05, 0.1) is 22.4 Å². The molecule has 2 heterocycles. The molecule has 1 aliphatic carbocycles. The number of nitrogens with zero attached hydrogens (tertiary/aromatic N) is 3. The molecule has 1 amide bonds. The third kappa shape index (κ3) is 5.14. The lowest BCUT2D eigenvalue weighted by molar-refractivity contribution is 0.0997. The van der Waals surface area contributed by atoms with Crippen molar-refractivity contribution >= 4 is 23.2 Å². The second-order valence-electron chi connectivity index (χ2n) is 9.80. The van der Waals surface area contributed by atoms with Gasteiger partial charge in [0.1, 0.15) is 28.9 Å². The van der Waals surface area contributed by atoms with Gasteiger partial charge in [-0.2, -0.15) is 4.68 Å². The zero-order valence-corrected chi connectivity index (χ0v) is 21.4. The van der Waals surface area contributed by atoms with Gasteiger partial charge in [0, 0.05) is 19.0 Å². The van der Waals surface area contributed by atoms with E-state index >= 15 is 4.39 Å². The monoisotopic (exact) mass is 530 g/mol. The minimum atomic E-state index is -0.800. The lowest BCUT2D eigenvalue weighted by atomic mass is 9.86. The number of aromatic nitrogens is 3. The van der Waals surface area contributed by atoms with Gasteiger partial charge in [-0.15, -0.1) is 5.10 Å². The minimum absolute atomic E-state index is 0.0560. The number of nitrogens with one attached hydrogen (secondary N) is 1. The largest absolute Gasteiger partial charge is 0.490 e. The van der Waals surface area contributed by atoms with Crippen LogP contribution in [0, 0.1) is 17.6 Å². The molecule has 0 saturated heterocycles. The second-order valence-corrected chi connectivity index (χ2v) is 10.2. The van der Waals surface area contributed by atoms with E-state index in [2.05, 4.69) is 10.4 Å². The van der Waals surface area contributed by atoms with Crippen molar-refractivity contribution in [3.05, 3.63) is 68.9 Å². The van der Waals surface area contributed by atoms with Crippen LogP contribution in [0.1, 0.15) is 68.1 Å². The summed E-state index contributed by atoms with van der Waals surface area (Å²) in [6.45, 7) is 2.47. The maximum Gasteiger partial charge on any atom is 0.350 e. The number of amides is 1. The summed E-state index contributed by atoms with van der Waals surface area (Å²) in [6.07, 6.45) is 7.56. The van der Waals surface area contributed by atoms with E-state index in [0.717, 1.165) is 49.3 Å². The van der Waals surface area contributed by atoms with E-state index in [4.69, 9.17) is 16.3 Å². The zero-order chi connectivity index (χ0) is 26.1. The van der Waals surface area contributed by atoms with E-state index in [-0.39, 0.29) is 33.8 Å². The van der Waals surface area contributed by atoms with E-state index in [9.17, 15) is 14.0 Å². The van der Waals surface area contributed by atoms with Gasteiger partial charge in [-0.25, -0.2) is 13.6 Å². The molecular formula is C27H29ClF2N4O3. The predicted octanol–water partition coefficient (Wildman–Crippen LogP) is 5.90. The van der Waals surface area contributed by atoms with Crippen LogP contribution < -0.4 is 15.7 Å². The Bertz CT molecular complexity index is 1380. The van der Waals surface area contributed by atoms with Crippen LogP contribution in [0.15, 0.2) is 35.1 Å². The molecule has 0 unspecified atom stereocenters. The molecule has 37 heavy (non-hydrogen) atoms. The molecule has 1 aliphatic heterocycles. The highest BCUT2D eigenvalue weighted by Gasteiger charge is 2.27. The molecule has 2 aromatic carbocycles. The Kier molecular flexibility index (Phi) is 7.33. The molecule has 10 heteroatoms. The van der Waals surface area contributed by atoms with Crippen molar-refractivity contribution in [3.63, 3.8) is 0 Å². The van der Waals surface area contributed by atoms with Gasteiger partial charge < -0.3 is 10.1 Å². The van der Waals surface area contributed by atoms with Crippen LogP contribution >= 0.6 is 11.6 Å². The first-order valence-electron chi connectivity index (χ1n) is 12.8. The van der Waals surface area contributed by atoms with E-state index < -0.39 is 23.2 Å². The summed E-state index contributed by atoms with van der Waals surface area (Å²) in [5, 5.41) is 6.67. The number of aryl methyl sites for hydroxylation is 1. The molecule has 0 bridgehead atoms. The van der Waals surface area contributed by atoms with Gasteiger partial charge in [-0.1, -0.05) is 36.9 Å². The van der Waals surface area contributed by atoms with Crippen molar-refractivity contribution in [3.8, 4) is 11.4 Å². The molecule has 1 saturated carbocycles. The highest BCUT2D eigenvalue weighted by atomic mass is 35.5. The first-order chi connectivity index (χ1) is 17.8. The van der Waals surface area contributed by atoms with Crippen LogP contribution in [0.25, 0.3) is 5.69 Å². The fraction of sp³-hybridized carbons (Fsp3) is 0.444. The molecule has 5 rings (SSSR count). The summed E-state index contributed by atoms with van der Waals surface area (Å²) in [5.74, 6) is -1.18. The Morgan fingerprint density at radius 3 is 2.68 bits per heavy atom. The molecule has 1 N–H and O–H groups in total. The number of hydrogen-bond acceptors (Lipinski definition) is 4. The van der Waals surface area contributed by atoms with Crippen molar-refractivity contribution in [1.82, 2.24) is 14.3 Å². The molecule has 1 fully saturated rings. The number of ether oxygens (including phenoxy) is 1. The first-order valence-corrected chi connectivity index (χ1v) is 13.2. The van der Waals surface area contributed by atoms with Gasteiger partial charge in [0.25, 0.3) is 5.91 Å². The molecule has 2 aliphatic rings. The Balaban J connectivity index is 1.54. The Morgan fingerprint density at radius 2 is 1.92 bits per heavy atom. The Morgan fingerprint density at radius 1 is 1.14 bits per heavy atom. The lowest BCUT2D eigenvalue weighted by Crippen LogP contribution is -2.28. The van der Waals surface area contributed by atoms with Gasteiger partial charge in [-0.3, -0.25) is 9.36 Å². The third-order valence-electron chi connectivity index (χ3n) is 7.32. The number of carbonyl (C=O) groups is 1. The molecule has 0 spiro atoms. The maximum absolute atomic E-state index is 15.5. The maximum atomic E-state index is 15.5. The molecule has 1 aromatic heterocycles. The van der Waals surface area contributed by atoms with Gasteiger partial charge in [0.15, 0.2) is 0 Å². The van der Waals surface area contributed by atoms with E-state index in [0.29, 0.717) is 24.7 Å². The van der Waals surface area contributed by atoms with Gasteiger partial charge >= 0.3 is 5.69 Å². The van der Waals surface area contributed by atoms with Crippen LogP contribution in [0.4, 0.5) is 14.5 Å². The standard InChI is InChI=1S/C27H29ClF2N4O3/c1-16(17-8-3-2-4-9-17)37-23-15-22(34-27(36)33-13-6-5-12-24(33)32-34)20(30)14-18(23)26(35)31-21-11-7-10-19(29)25(21)28/h7,10-11,14-17H,2-6,8-9,12-13H2,1H3,(H,31,35)/t16-/m0/s1. The summed E-state index contributed by atoms with van der Waals surface area (Å²) >= 11 is 6.01. The summed E-state index contributed by atoms with van der Waals surface area (Å²) in [7, 11) is 0. The highest BCUT2D eigenvalue weighted by molar-refractivity contribution is 6.34. The Hall–Kier alpha value is -3.20. The number of rotatable bonds is 6. The fourth-order valence-electron chi connectivity index (χ4n) is 5.23. The average Bonchev–Trinajstić information content (AvgIpc) is 3.24. The molecule has 3 aromatic rings. The van der Waals surface area contributed by atoms with Crippen molar-refractivity contribution < 1.29 is 18.3 Å². The van der Waals surface area contributed by atoms with Crippen LogP contribution in [0.3, 0.4) is 0 Å². The molecule has 1 atom stereocenters. The number of carbonyl (C=O) groups excluding carboxylic acids is 1. The van der Waals surface area contributed by atoms with Crippen molar-refractivity contribution in [2.24, 2.45) is 5.92 Å². The quantitative estimate of drug-likeness (QED) is 0.430. The van der Waals surface area contributed by atoms with Crippen molar-refractivity contribution in [2.75, 3.05) is 5.32 Å². The number of fused-ring (bicyclic) bond motifs is 1. The highest BCUT2D eigenvalue weighted by Crippen LogP contribution is 2.33. The SMILES string of the molecule is C[C@H](Oc1cc(-n2nc3n(c2=O)CCCC3)c(F)cc1C(=O)Nc1cccc(F)c1Cl)C1CCCCC1. The topological polar surface area (TPSA) is 78.2 Å². The second kappa shape index (κ2) is 10.7. The van der Waals surface area contributed by atoms with E-state index in [1.807, 2.05) is 6.92 Å². The van der Waals surface area contributed by atoms with Gasteiger partial charge in [0.2, 0.25) is 0 Å².